The summed E-state index contributed by atoms with van der Waals surface area (Å²) < 4.78 is 7.25. The molecule has 0 radical (unpaired) electrons. The van der Waals surface area contributed by atoms with E-state index in [4.69, 9.17) is 22.1 Å². The molecule has 0 spiro atoms. The molecule has 0 amide bonds. The van der Waals surface area contributed by atoms with E-state index >= 15 is 0 Å². The van der Waals surface area contributed by atoms with Crippen LogP contribution in [0.1, 0.15) is 5.56 Å². The third-order valence-electron chi connectivity index (χ3n) is 3.29. The summed E-state index contributed by atoms with van der Waals surface area (Å²) >= 11 is 6.10. The molecular weight excluding hydrogens is 274 g/mol. The first-order valence-corrected chi connectivity index (χ1v) is 6.57. The summed E-state index contributed by atoms with van der Waals surface area (Å²) in [5, 5.41) is 0.620. The fourth-order valence-electron chi connectivity index (χ4n) is 2.35. The SMILES string of the molecule is COc1ccc(Cl)cc1-n1c(N)nc2c(C)cccc21. The van der Waals surface area contributed by atoms with Gasteiger partial charge >= 0.3 is 0 Å². The maximum absolute atomic E-state index is 6.10. The molecule has 3 rings (SSSR count). The third kappa shape index (κ3) is 1.89. The molecule has 1 heterocycles. The van der Waals surface area contributed by atoms with Gasteiger partial charge in [-0.3, -0.25) is 4.57 Å². The summed E-state index contributed by atoms with van der Waals surface area (Å²) in [4.78, 5) is 4.44. The van der Waals surface area contributed by atoms with Crippen LogP contribution in [-0.4, -0.2) is 16.7 Å². The quantitative estimate of drug-likeness (QED) is 0.784. The topological polar surface area (TPSA) is 53.1 Å². The predicted octanol–water partition coefficient (Wildman–Crippen LogP) is 3.58. The van der Waals surface area contributed by atoms with Gasteiger partial charge in [-0.05, 0) is 36.8 Å². The van der Waals surface area contributed by atoms with E-state index in [2.05, 4.69) is 4.98 Å². The Balaban J connectivity index is 2.38. The summed E-state index contributed by atoms with van der Waals surface area (Å²) in [5.74, 6) is 1.11. The van der Waals surface area contributed by atoms with Gasteiger partial charge < -0.3 is 10.5 Å². The summed E-state index contributed by atoms with van der Waals surface area (Å²) in [5.41, 5.74) is 9.76. The molecule has 2 aromatic carbocycles. The number of aryl methyl sites for hydroxylation is 1. The van der Waals surface area contributed by atoms with Crippen molar-refractivity contribution in [1.82, 2.24) is 9.55 Å². The number of hydrogen-bond acceptors (Lipinski definition) is 3. The van der Waals surface area contributed by atoms with Crippen LogP contribution in [0.3, 0.4) is 0 Å². The average molecular weight is 288 g/mol. The maximum atomic E-state index is 6.10. The van der Waals surface area contributed by atoms with Crippen LogP contribution in [0.25, 0.3) is 16.7 Å². The van der Waals surface area contributed by atoms with Gasteiger partial charge in [0.15, 0.2) is 0 Å². The van der Waals surface area contributed by atoms with E-state index in [1.54, 1.807) is 13.2 Å². The molecular formula is C15H14ClN3O. The molecule has 102 valence electrons. The van der Waals surface area contributed by atoms with Gasteiger partial charge in [-0.1, -0.05) is 23.7 Å². The highest BCUT2D eigenvalue weighted by Crippen LogP contribution is 2.32. The van der Waals surface area contributed by atoms with E-state index in [1.807, 2.05) is 41.8 Å². The number of benzene rings is 2. The monoisotopic (exact) mass is 287 g/mol. The summed E-state index contributed by atoms with van der Waals surface area (Å²) in [6, 6.07) is 11.4. The fraction of sp³-hybridized carbons (Fsp3) is 0.133. The second-order valence-corrected chi connectivity index (χ2v) is 5.00. The largest absolute Gasteiger partial charge is 0.495 e. The first-order valence-electron chi connectivity index (χ1n) is 6.19. The molecule has 0 unspecified atom stereocenters. The van der Waals surface area contributed by atoms with Gasteiger partial charge in [-0.25, -0.2) is 4.98 Å². The minimum Gasteiger partial charge on any atom is -0.495 e. The summed E-state index contributed by atoms with van der Waals surface area (Å²) in [6.07, 6.45) is 0. The lowest BCUT2D eigenvalue weighted by Gasteiger charge is -2.12. The van der Waals surface area contributed by atoms with E-state index in [9.17, 15) is 0 Å². The number of halogens is 1. The highest BCUT2D eigenvalue weighted by molar-refractivity contribution is 6.30. The highest BCUT2D eigenvalue weighted by atomic mass is 35.5. The van der Waals surface area contributed by atoms with Gasteiger partial charge in [0.1, 0.15) is 5.75 Å². The number of hydrogen-bond donors (Lipinski definition) is 1. The Kier molecular flexibility index (Phi) is 3.03. The number of nitrogens with zero attached hydrogens (tertiary/aromatic N) is 2. The van der Waals surface area contributed by atoms with Crippen molar-refractivity contribution in [3.63, 3.8) is 0 Å². The Labute approximate surface area is 121 Å². The van der Waals surface area contributed by atoms with Crippen molar-refractivity contribution in [3.05, 3.63) is 47.0 Å². The van der Waals surface area contributed by atoms with E-state index in [0.29, 0.717) is 16.7 Å². The van der Waals surface area contributed by atoms with Crippen LogP contribution in [-0.2, 0) is 0 Å². The molecule has 5 heteroatoms. The Morgan fingerprint density at radius 2 is 2.05 bits per heavy atom. The van der Waals surface area contributed by atoms with Gasteiger partial charge in [0, 0.05) is 5.02 Å². The van der Waals surface area contributed by atoms with E-state index in [0.717, 1.165) is 22.3 Å². The molecule has 4 nitrogen and oxygen atoms in total. The van der Waals surface area contributed by atoms with Gasteiger partial charge in [-0.2, -0.15) is 0 Å². The second kappa shape index (κ2) is 4.72. The minimum atomic E-state index is 0.412. The minimum absolute atomic E-state index is 0.412. The molecule has 0 atom stereocenters. The van der Waals surface area contributed by atoms with E-state index in [-0.39, 0.29) is 0 Å². The number of aromatic nitrogens is 2. The molecule has 0 aliphatic rings. The van der Waals surface area contributed by atoms with E-state index in [1.165, 1.54) is 0 Å². The van der Waals surface area contributed by atoms with Crippen molar-refractivity contribution in [1.29, 1.82) is 0 Å². The molecule has 0 aliphatic heterocycles. The molecule has 2 N–H and O–H groups in total. The van der Waals surface area contributed by atoms with E-state index < -0.39 is 0 Å². The standard InChI is InChI=1S/C15H14ClN3O/c1-9-4-3-5-11-14(9)18-15(17)19(11)12-8-10(16)6-7-13(12)20-2/h3-8H,1-2H3,(H2,17,18). The Hall–Kier alpha value is -2.20. The lowest BCUT2D eigenvalue weighted by atomic mass is 10.2. The van der Waals surface area contributed by atoms with Crippen LogP contribution in [0.2, 0.25) is 5.02 Å². The maximum Gasteiger partial charge on any atom is 0.206 e. The highest BCUT2D eigenvalue weighted by Gasteiger charge is 2.15. The summed E-state index contributed by atoms with van der Waals surface area (Å²) in [7, 11) is 1.62. The number of para-hydroxylation sites is 1. The van der Waals surface area contributed by atoms with Crippen molar-refractivity contribution in [2.75, 3.05) is 12.8 Å². The number of nitrogens with two attached hydrogens (primary N) is 1. The van der Waals surface area contributed by atoms with Crippen molar-refractivity contribution in [2.24, 2.45) is 0 Å². The predicted molar refractivity (Wildman–Crippen MR) is 81.8 cm³/mol. The molecule has 0 fully saturated rings. The second-order valence-electron chi connectivity index (χ2n) is 4.56. The Bertz CT molecular complexity index is 795. The normalized spacial score (nSPS) is 10.9. The zero-order valence-corrected chi connectivity index (χ0v) is 12.0. The number of rotatable bonds is 2. The van der Waals surface area contributed by atoms with Crippen LogP contribution in [0.4, 0.5) is 5.95 Å². The van der Waals surface area contributed by atoms with Crippen LogP contribution in [0.5, 0.6) is 5.75 Å². The number of imidazole rings is 1. The number of anilines is 1. The van der Waals surface area contributed by atoms with Gasteiger partial charge in [0.25, 0.3) is 0 Å². The lowest BCUT2D eigenvalue weighted by Crippen LogP contribution is -2.02. The first-order chi connectivity index (χ1) is 9.61. The van der Waals surface area contributed by atoms with Gasteiger partial charge in [0.2, 0.25) is 5.95 Å². The van der Waals surface area contributed by atoms with Crippen LogP contribution >= 0.6 is 11.6 Å². The van der Waals surface area contributed by atoms with Crippen LogP contribution in [0.15, 0.2) is 36.4 Å². The fourth-order valence-corrected chi connectivity index (χ4v) is 2.51. The van der Waals surface area contributed by atoms with Crippen molar-refractivity contribution >= 4 is 28.6 Å². The Morgan fingerprint density at radius 1 is 1.25 bits per heavy atom. The third-order valence-corrected chi connectivity index (χ3v) is 3.53. The van der Waals surface area contributed by atoms with Crippen molar-refractivity contribution < 1.29 is 4.74 Å². The zero-order valence-electron chi connectivity index (χ0n) is 11.2. The van der Waals surface area contributed by atoms with Gasteiger partial charge in [0.05, 0.1) is 23.8 Å². The molecule has 0 saturated heterocycles. The number of nitrogen functional groups attached to an aromatic ring is 1. The first kappa shape index (κ1) is 12.8. The molecule has 20 heavy (non-hydrogen) atoms. The molecule has 0 aliphatic carbocycles. The average Bonchev–Trinajstić information content (AvgIpc) is 2.76. The van der Waals surface area contributed by atoms with Crippen molar-refractivity contribution in [3.8, 4) is 11.4 Å². The smallest absolute Gasteiger partial charge is 0.206 e. The Morgan fingerprint density at radius 3 is 2.80 bits per heavy atom. The van der Waals surface area contributed by atoms with Crippen molar-refractivity contribution in [2.45, 2.75) is 6.92 Å². The van der Waals surface area contributed by atoms with Gasteiger partial charge in [-0.15, -0.1) is 0 Å². The number of ether oxygens (including phenoxy) is 1. The lowest BCUT2D eigenvalue weighted by molar-refractivity contribution is 0.413. The van der Waals surface area contributed by atoms with Crippen LogP contribution in [0, 0.1) is 6.92 Å². The van der Waals surface area contributed by atoms with Crippen LogP contribution < -0.4 is 10.5 Å². The molecule has 1 aromatic heterocycles. The summed E-state index contributed by atoms with van der Waals surface area (Å²) in [6.45, 7) is 2.01. The number of methoxy groups -OCH3 is 1. The zero-order chi connectivity index (χ0) is 14.3. The molecule has 0 saturated carbocycles. The number of fused-ring (bicyclic) bond motifs is 1. The molecule has 0 bridgehead atoms. The molecule has 3 aromatic rings.